The quantitative estimate of drug-likeness (QED) is 0.0293. The molecule has 1 fully saturated rings. The van der Waals surface area contributed by atoms with Crippen LogP contribution in [-0.4, -0.2) is 157 Å². The first kappa shape index (κ1) is 69.4. The van der Waals surface area contributed by atoms with Crippen molar-refractivity contribution in [2.45, 2.75) is 154 Å². The highest BCUT2D eigenvalue weighted by atomic mass is 32.2. The van der Waals surface area contributed by atoms with Crippen LogP contribution in [0.25, 0.3) is 11.1 Å². The highest BCUT2D eigenvalue weighted by Gasteiger charge is 2.40. The summed E-state index contributed by atoms with van der Waals surface area (Å²) in [6.07, 6.45) is 3.22. The van der Waals surface area contributed by atoms with Gasteiger partial charge in [-0.1, -0.05) is 78.3 Å². The van der Waals surface area contributed by atoms with Crippen molar-refractivity contribution >= 4 is 70.8 Å². The van der Waals surface area contributed by atoms with Crippen LogP contribution in [0, 0.1) is 28.9 Å². The van der Waals surface area contributed by atoms with Crippen LogP contribution in [0.5, 0.6) is 0 Å². The number of hydrogen-bond acceptors (Lipinski definition) is 14. The number of amides is 7. The van der Waals surface area contributed by atoms with Crippen molar-refractivity contribution < 1.29 is 72.0 Å². The molecule has 1 aromatic heterocycles. The molecule has 2 aromatic carbocycles. The van der Waals surface area contributed by atoms with Gasteiger partial charge < -0.3 is 57.5 Å². The Hall–Kier alpha value is -7.09. The Labute approximate surface area is 493 Å². The van der Waals surface area contributed by atoms with E-state index < -0.39 is 118 Å². The summed E-state index contributed by atoms with van der Waals surface area (Å²) in [6, 6.07) is 8.99. The smallest absolute Gasteiger partial charge is 0.326 e. The number of carbonyl (C=O) groups is 10. The second-order valence-electron chi connectivity index (χ2n) is 22.6. The van der Waals surface area contributed by atoms with Gasteiger partial charge in [-0.15, -0.1) is 11.8 Å². The summed E-state index contributed by atoms with van der Waals surface area (Å²) < 4.78 is 31.4. The van der Waals surface area contributed by atoms with E-state index in [0.717, 1.165) is 40.4 Å². The summed E-state index contributed by atoms with van der Waals surface area (Å²) in [5, 5.41) is 38.9. The minimum atomic E-state index is -1.29. The van der Waals surface area contributed by atoms with E-state index in [1.807, 2.05) is 55.7 Å². The zero-order valence-corrected chi connectivity index (χ0v) is 49.5. The number of thioether (sulfide) groups is 1. The van der Waals surface area contributed by atoms with E-state index in [1.165, 1.54) is 11.8 Å². The minimum Gasteiger partial charge on any atom is -0.480 e. The lowest BCUT2D eigenvalue weighted by atomic mass is 9.82. The van der Waals surface area contributed by atoms with Crippen LogP contribution in [0.15, 0.2) is 60.8 Å². The standard InChI is InChI=1S/C59H83F2N9O13S/c1-35(2)52(67-49(74)18-11-8-14-25-70-50(75)30-47(56(70)79)84-34-43(63)57(80)81)46(72)27-36(3)54(77)66-44(58(82)83)17-12-13-23-64-48(73)21-24-65-55(78)42(62)22-26-69(51(76)33-71)53(59(4,5)6)45-28-38(40-29-39(60)19-20-41(40)61)32-68(45)31-37-15-9-7-10-16-37/h7,9-10,15-16,19-20,28-29,32,35-36,42-44,47,52-53,71H,8,11-14,17-18,21-27,30-31,33-34,62-63H2,1-6H3,(H,64,73)(H,65,78)(H,66,77)(H,67,74)(H,80,81)(H,82,83)/t36-,42+,43+,44+,47?,52+,53+/m1/s1. The van der Waals surface area contributed by atoms with Gasteiger partial charge in [-0.3, -0.25) is 48.1 Å². The number of likely N-dealkylation sites (tertiary alicyclic amines) is 1. The fourth-order valence-corrected chi connectivity index (χ4v) is 10.8. The minimum absolute atomic E-state index is 0.0123. The van der Waals surface area contributed by atoms with Gasteiger partial charge >= 0.3 is 11.9 Å². The van der Waals surface area contributed by atoms with Gasteiger partial charge in [0.15, 0.2) is 5.78 Å². The normalized spacial score (nSPS) is 15.6. The number of nitrogens with zero attached hydrogens (tertiary/aromatic N) is 3. The number of ketones is 1. The van der Waals surface area contributed by atoms with Crippen LogP contribution < -0.4 is 32.7 Å². The predicted octanol–water partition coefficient (Wildman–Crippen LogP) is 4.04. The number of hydrogen-bond donors (Lipinski definition) is 9. The number of aliphatic carboxylic acids is 2. The molecule has 4 rings (SSSR count). The van der Waals surface area contributed by atoms with E-state index in [-0.39, 0.29) is 94.3 Å². The molecule has 0 spiro atoms. The Morgan fingerprint density at radius 2 is 1.50 bits per heavy atom. The van der Waals surface area contributed by atoms with Gasteiger partial charge in [0.2, 0.25) is 41.4 Å². The molecule has 7 amide bonds. The SMILES string of the molecule is CC(C)[C@H](NC(=O)CCCCCN1C(=O)CC(SC[C@H](N)C(=O)O)C1=O)C(=O)C[C@@H](C)C(=O)N[C@@H](CCCCNC(=O)CCNC(=O)[C@@H](N)CCN(C(=O)CO)[C@@H](c1cc(-c2cc(F)ccc2F)cn1Cc1ccccc1)C(C)(C)C)C(=O)O. The van der Waals surface area contributed by atoms with E-state index in [4.69, 9.17) is 16.6 Å². The Kier molecular flexibility index (Phi) is 27.6. The number of carboxylic acid groups (broad SMARTS) is 2. The predicted molar refractivity (Wildman–Crippen MR) is 310 cm³/mol. The summed E-state index contributed by atoms with van der Waals surface area (Å²) in [4.78, 5) is 130. The van der Waals surface area contributed by atoms with Crippen LogP contribution in [-0.2, 0) is 54.5 Å². The van der Waals surface area contributed by atoms with E-state index in [9.17, 15) is 62.5 Å². The number of nitrogens with two attached hydrogens (primary N) is 2. The number of Topliss-reactive ketones (excluding diaryl/α,β-unsaturated/α-hetero) is 1. The Morgan fingerprint density at radius 3 is 2.14 bits per heavy atom. The summed E-state index contributed by atoms with van der Waals surface area (Å²) in [6.45, 7) is 10.2. The molecule has 11 N–H and O–H groups in total. The number of carbonyl (C=O) groups excluding carboxylic acids is 8. The highest BCUT2D eigenvalue weighted by molar-refractivity contribution is 8.00. The van der Waals surface area contributed by atoms with E-state index in [1.54, 1.807) is 26.1 Å². The fourth-order valence-electron chi connectivity index (χ4n) is 9.73. The average Bonchev–Trinajstić information content (AvgIpc) is 3.02. The van der Waals surface area contributed by atoms with Gasteiger partial charge in [0, 0.05) is 93.1 Å². The number of unbranched alkanes of at least 4 members (excludes halogenated alkanes) is 3. The second kappa shape index (κ2) is 33.4. The third-order valence-corrected chi connectivity index (χ3v) is 15.6. The first-order chi connectivity index (χ1) is 39.6. The Bertz CT molecular complexity index is 2780. The van der Waals surface area contributed by atoms with Crippen molar-refractivity contribution in [3.05, 3.63) is 83.7 Å². The van der Waals surface area contributed by atoms with E-state index in [0.29, 0.717) is 43.5 Å². The number of imide groups is 1. The van der Waals surface area contributed by atoms with Gasteiger partial charge in [0.05, 0.1) is 23.4 Å². The fraction of sp³-hybridized carbons (Fsp3) is 0.559. The maximum absolute atomic E-state index is 15.2. The Morgan fingerprint density at radius 1 is 0.798 bits per heavy atom. The average molecular weight is 1200 g/mol. The van der Waals surface area contributed by atoms with E-state index >= 15 is 4.39 Å². The van der Waals surface area contributed by atoms with Crippen LogP contribution in [0.3, 0.4) is 0 Å². The lowest BCUT2D eigenvalue weighted by Crippen LogP contribution is -2.47. The molecule has 462 valence electrons. The first-order valence-corrected chi connectivity index (χ1v) is 29.4. The molecule has 1 unspecified atom stereocenters. The highest BCUT2D eigenvalue weighted by Crippen LogP contribution is 2.41. The number of nitrogens with one attached hydrogen (secondary N) is 4. The molecule has 2 heterocycles. The maximum Gasteiger partial charge on any atom is 0.326 e. The Balaban J connectivity index is 1.18. The van der Waals surface area contributed by atoms with Crippen molar-refractivity contribution in [1.29, 1.82) is 0 Å². The van der Waals surface area contributed by atoms with Crippen LogP contribution in [0.2, 0.25) is 0 Å². The van der Waals surface area contributed by atoms with Gasteiger partial charge in [0.1, 0.15) is 30.3 Å². The number of benzene rings is 2. The van der Waals surface area contributed by atoms with Gasteiger partial charge in [-0.05, 0) is 79.7 Å². The van der Waals surface area contributed by atoms with Crippen molar-refractivity contribution in [2.75, 3.05) is 38.5 Å². The molecule has 0 bridgehead atoms. The molecule has 0 aliphatic carbocycles. The number of halogens is 2. The third-order valence-electron chi connectivity index (χ3n) is 14.3. The second-order valence-corrected chi connectivity index (χ2v) is 23.8. The molecule has 1 aliphatic rings. The summed E-state index contributed by atoms with van der Waals surface area (Å²) in [5.41, 5.74) is 13.0. The molecule has 1 aliphatic heterocycles. The molecule has 22 nitrogen and oxygen atoms in total. The number of aliphatic hydroxyl groups excluding tert-OH is 1. The van der Waals surface area contributed by atoms with Crippen molar-refractivity contribution in [3.63, 3.8) is 0 Å². The topological polar surface area (TPSA) is 343 Å². The van der Waals surface area contributed by atoms with Crippen LogP contribution in [0.4, 0.5) is 8.78 Å². The third kappa shape index (κ3) is 21.5. The largest absolute Gasteiger partial charge is 0.480 e. The van der Waals surface area contributed by atoms with Crippen molar-refractivity contribution in [1.82, 2.24) is 35.6 Å². The zero-order valence-electron chi connectivity index (χ0n) is 48.7. The molecule has 84 heavy (non-hydrogen) atoms. The molecule has 7 atom stereocenters. The summed E-state index contributed by atoms with van der Waals surface area (Å²) in [7, 11) is 0. The number of aromatic nitrogens is 1. The summed E-state index contributed by atoms with van der Waals surface area (Å²) >= 11 is 1.03. The number of carboxylic acids is 2. The lowest BCUT2D eigenvalue weighted by molar-refractivity contribution is -0.143. The molecule has 25 heteroatoms. The first-order valence-electron chi connectivity index (χ1n) is 28.3. The molecular weight excluding hydrogens is 1110 g/mol. The summed E-state index contributed by atoms with van der Waals surface area (Å²) in [5.74, 6) is -8.97. The molecule has 0 saturated carbocycles. The molecule has 1 saturated heterocycles. The van der Waals surface area contributed by atoms with E-state index in [2.05, 4.69) is 21.3 Å². The molecule has 3 aromatic rings. The van der Waals surface area contributed by atoms with Crippen molar-refractivity contribution in [3.8, 4) is 11.1 Å². The number of aliphatic hydroxyl groups is 1. The molecule has 0 radical (unpaired) electrons. The van der Waals surface area contributed by atoms with Gasteiger partial charge in [-0.2, -0.15) is 0 Å². The van der Waals surface area contributed by atoms with Gasteiger partial charge in [0.25, 0.3) is 0 Å². The zero-order chi connectivity index (χ0) is 62.4. The van der Waals surface area contributed by atoms with Gasteiger partial charge in [-0.25, -0.2) is 13.6 Å². The lowest BCUT2D eigenvalue weighted by Gasteiger charge is -2.41. The van der Waals surface area contributed by atoms with Crippen LogP contribution >= 0.6 is 11.8 Å². The monoisotopic (exact) mass is 1200 g/mol. The maximum atomic E-state index is 15.2. The number of rotatable bonds is 36. The molecular formula is C59H83F2N9O13S. The van der Waals surface area contributed by atoms with Crippen LogP contribution in [0.1, 0.15) is 129 Å². The van der Waals surface area contributed by atoms with Crippen molar-refractivity contribution in [2.24, 2.45) is 28.7 Å².